The number of likely N-dealkylation sites (N-methyl/N-ethyl adjacent to an activating group) is 1. The van der Waals surface area contributed by atoms with Crippen LogP contribution in [0.4, 0.5) is 8.78 Å². The van der Waals surface area contributed by atoms with E-state index in [9.17, 15) is 8.78 Å². The molecule has 108 valence electrons. The van der Waals surface area contributed by atoms with Crippen molar-refractivity contribution in [3.63, 3.8) is 0 Å². The lowest BCUT2D eigenvalue weighted by Gasteiger charge is -2.36. The fraction of sp³-hybridized carbons (Fsp3) is 0.600. The van der Waals surface area contributed by atoms with E-state index in [4.69, 9.17) is 4.74 Å². The van der Waals surface area contributed by atoms with Crippen LogP contribution in [-0.4, -0.2) is 26.3 Å². The maximum Gasteiger partial charge on any atom is 0.162 e. The van der Waals surface area contributed by atoms with E-state index in [1.807, 2.05) is 0 Å². The number of nitrogens with one attached hydrogen (secondary N) is 1. The van der Waals surface area contributed by atoms with Gasteiger partial charge in [-0.1, -0.05) is 32.9 Å². The lowest BCUT2D eigenvalue weighted by Crippen LogP contribution is -2.47. The zero-order valence-electron chi connectivity index (χ0n) is 12.3. The van der Waals surface area contributed by atoms with Crippen molar-refractivity contribution < 1.29 is 13.5 Å². The van der Waals surface area contributed by atoms with E-state index in [2.05, 4.69) is 26.1 Å². The molecule has 0 saturated heterocycles. The lowest BCUT2D eigenvalue weighted by molar-refractivity contribution is -0.00940. The maximum absolute atomic E-state index is 13.7. The van der Waals surface area contributed by atoms with Gasteiger partial charge in [-0.25, -0.2) is 8.78 Å². The Kier molecular flexibility index (Phi) is 5.44. The van der Waals surface area contributed by atoms with E-state index >= 15 is 0 Å². The third-order valence-corrected chi connectivity index (χ3v) is 3.32. The van der Waals surface area contributed by atoms with Gasteiger partial charge in [-0.05, 0) is 30.5 Å². The summed E-state index contributed by atoms with van der Waals surface area (Å²) in [5.74, 6) is -1.58. The molecule has 0 fully saturated rings. The van der Waals surface area contributed by atoms with E-state index in [0.717, 1.165) is 6.07 Å². The van der Waals surface area contributed by atoms with Crippen molar-refractivity contribution in [1.29, 1.82) is 0 Å². The topological polar surface area (TPSA) is 21.3 Å². The van der Waals surface area contributed by atoms with Crippen LogP contribution in [0.1, 0.15) is 26.3 Å². The Bertz CT molecular complexity index is 415. The van der Waals surface area contributed by atoms with Crippen molar-refractivity contribution in [2.24, 2.45) is 5.41 Å². The molecule has 0 amide bonds. The van der Waals surface area contributed by atoms with E-state index < -0.39 is 11.6 Å². The molecule has 0 bridgehead atoms. The highest BCUT2D eigenvalue weighted by molar-refractivity contribution is 5.20. The third-order valence-electron chi connectivity index (χ3n) is 3.32. The zero-order valence-corrected chi connectivity index (χ0v) is 12.3. The normalized spacial score (nSPS) is 15.3. The van der Waals surface area contributed by atoms with Crippen molar-refractivity contribution in [2.75, 3.05) is 14.2 Å². The summed E-state index contributed by atoms with van der Waals surface area (Å²) < 4.78 is 32.5. The van der Waals surface area contributed by atoms with Gasteiger partial charge in [0, 0.05) is 13.2 Å². The van der Waals surface area contributed by atoms with Crippen LogP contribution in [0.3, 0.4) is 0 Å². The predicted octanol–water partition coefficient (Wildman–Crippen LogP) is 3.16. The first-order valence-corrected chi connectivity index (χ1v) is 6.44. The second-order valence-electron chi connectivity index (χ2n) is 5.83. The Balaban J connectivity index is 2.96. The second-order valence-corrected chi connectivity index (χ2v) is 5.83. The van der Waals surface area contributed by atoms with E-state index in [-0.39, 0.29) is 17.6 Å². The molecule has 2 nitrogen and oxygen atoms in total. The van der Waals surface area contributed by atoms with Crippen molar-refractivity contribution in [2.45, 2.75) is 39.3 Å². The molecule has 0 aliphatic rings. The number of hydrogen-bond donors (Lipinski definition) is 1. The Hall–Kier alpha value is -1.00. The molecule has 0 saturated carbocycles. The summed E-state index contributed by atoms with van der Waals surface area (Å²) in [5.41, 5.74) is 0.275. The highest BCUT2D eigenvalue weighted by atomic mass is 19.2. The van der Waals surface area contributed by atoms with Crippen LogP contribution >= 0.6 is 0 Å². The summed E-state index contributed by atoms with van der Waals surface area (Å²) in [7, 11) is 3.45. The summed E-state index contributed by atoms with van der Waals surface area (Å²) in [6.07, 6.45) is 0.288. The average molecular weight is 271 g/mol. The summed E-state index contributed by atoms with van der Waals surface area (Å²) in [4.78, 5) is 0. The zero-order chi connectivity index (χ0) is 14.6. The molecule has 1 aromatic carbocycles. The monoisotopic (exact) mass is 271 g/mol. The largest absolute Gasteiger partial charge is 0.379 e. The molecule has 4 heteroatoms. The van der Waals surface area contributed by atoms with Crippen LogP contribution in [-0.2, 0) is 11.2 Å². The van der Waals surface area contributed by atoms with Crippen molar-refractivity contribution in [1.82, 2.24) is 5.32 Å². The lowest BCUT2D eigenvalue weighted by atomic mass is 9.82. The summed E-state index contributed by atoms with van der Waals surface area (Å²) >= 11 is 0. The smallest absolute Gasteiger partial charge is 0.162 e. The van der Waals surface area contributed by atoms with E-state index in [0.29, 0.717) is 12.0 Å². The Labute approximate surface area is 114 Å². The average Bonchev–Trinajstić information content (AvgIpc) is 2.32. The van der Waals surface area contributed by atoms with Gasteiger partial charge in [-0.3, -0.25) is 0 Å². The number of rotatable bonds is 5. The molecule has 2 atom stereocenters. The predicted molar refractivity (Wildman–Crippen MR) is 73.2 cm³/mol. The van der Waals surface area contributed by atoms with Gasteiger partial charge in [-0.2, -0.15) is 0 Å². The molecular formula is C15H23F2NO. The highest BCUT2D eigenvalue weighted by Gasteiger charge is 2.32. The first kappa shape index (κ1) is 16.1. The molecule has 2 unspecified atom stereocenters. The number of methoxy groups -OCH3 is 1. The van der Waals surface area contributed by atoms with Gasteiger partial charge in [0.15, 0.2) is 11.6 Å². The SMILES string of the molecule is CNC(Cc1cccc(F)c1F)C(OC)C(C)(C)C. The number of hydrogen-bond acceptors (Lipinski definition) is 2. The van der Waals surface area contributed by atoms with Gasteiger partial charge >= 0.3 is 0 Å². The van der Waals surface area contributed by atoms with Crippen LogP contribution in [0, 0.1) is 17.0 Å². The fourth-order valence-electron chi connectivity index (χ4n) is 2.42. The molecule has 19 heavy (non-hydrogen) atoms. The second kappa shape index (κ2) is 6.44. The molecule has 0 aromatic heterocycles. The Morgan fingerprint density at radius 1 is 1.26 bits per heavy atom. The Morgan fingerprint density at radius 3 is 2.37 bits per heavy atom. The van der Waals surface area contributed by atoms with Crippen molar-refractivity contribution in [3.8, 4) is 0 Å². The maximum atomic E-state index is 13.7. The highest BCUT2D eigenvalue weighted by Crippen LogP contribution is 2.26. The number of benzene rings is 1. The van der Waals surface area contributed by atoms with Crippen LogP contribution in [0.2, 0.25) is 0 Å². The number of ether oxygens (including phenoxy) is 1. The number of halogens is 2. The minimum atomic E-state index is -0.808. The molecule has 0 aliphatic carbocycles. The van der Waals surface area contributed by atoms with Crippen LogP contribution < -0.4 is 5.32 Å². The van der Waals surface area contributed by atoms with Crippen LogP contribution in [0.5, 0.6) is 0 Å². The van der Waals surface area contributed by atoms with Gasteiger partial charge < -0.3 is 10.1 Å². The van der Waals surface area contributed by atoms with E-state index in [1.165, 1.54) is 6.07 Å². The molecule has 0 heterocycles. The first-order chi connectivity index (χ1) is 8.81. The molecule has 1 N–H and O–H groups in total. The van der Waals surface area contributed by atoms with Gasteiger partial charge in [0.1, 0.15) is 0 Å². The summed E-state index contributed by atoms with van der Waals surface area (Å²) in [6.45, 7) is 6.19. The molecule has 0 aliphatic heterocycles. The molecule has 0 radical (unpaired) electrons. The van der Waals surface area contributed by atoms with E-state index in [1.54, 1.807) is 20.2 Å². The standard InChI is InChI=1S/C15H23F2NO/c1-15(2,3)14(19-5)12(18-4)9-10-7-6-8-11(16)13(10)17/h6-8,12,14,18H,9H2,1-5H3. The van der Waals surface area contributed by atoms with Crippen LogP contribution in [0.15, 0.2) is 18.2 Å². The molecule has 1 aromatic rings. The summed E-state index contributed by atoms with van der Waals surface area (Å²) in [5, 5.41) is 3.14. The minimum absolute atomic E-state index is 0.0821. The van der Waals surface area contributed by atoms with Crippen LogP contribution in [0.25, 0.3) is 0 Å². The molecule has 0 spiro atoms. The van der Waals surface area contributed by atoms with Gasteiger partial charge in [0.2, 0.25) is 0 Å². The minimum Gasteiger partial charge on any atom is -0.379 e. The van der Waals surface area contributed by atoms with Gasteiger partial charge in [-0.15, -0.1) is 0 Å². The Morgan fingerprint density at radius 2 is 1.89 bits per heavy atom. The molecule has 1 rings (SSSR count). The third kappa shape index (κ3) is 3.98. The van der Waals surface area contributed by atoms with Gasteiger partial charge in [0.05, 0.1) is 6.10 Å². The molecular weight excluding hydrogens is 248 g/mol. The summed E-state index contributed by atoms with van der Waals surface area (Å²) in [6, 6.07) is 4.18. The quantitative estimate of drug-likeness (QED) is 0.888. The van der Waals surface area contributed by atoms with Gasteiger partial charge in [0.25, 0.3) is 0 Å². The fourth-order valence-corrected chi connectivity index (χ4v) is 2.42. The van der Waals surface area contributed by atoms with Crippen molar-refractivity contribution >= 4 is 0 Å². The van der Waals surface area contributed by atoms with Crippen molar-refractivity contribution in [3.05, 3.63) is 35.4 Å². The first-order valence-electron chi connectivity index (χ1n) is 6.44.